The van der Waals surface area contributed by atoms with E-state index < -0.39 is 0 Å². The molecule has 0 radical (unpaired) electrons. The number of ether oxygens (including phenoxy) is 3. The zero-order chi connectivity index (χ0) is 21.9. The molecular weight excluding hydrogens is 380 g/mol. The number of oxime groups is 1. The number of likely N-dealkylation sites (N-methyl/N-ethyl adjacent to an activating group) is 1. The largest absolute Gasteiger partial charge is 0.492 e. The summed E-state index contributed by atoms with van der Waals surface area (Å²) in [5, 5.41) is 13.3. The quantitative estimate of drug-likeness (QED) is 0.291. The SMILES string of the molecule is COc1c2c(cc3c1[C@@H](CC(C=CC(C)(C)CC=C(C)C)=NO)N(C)CC3)OCO2. The zero-order valence-electron chi connectivity index (χ0n) is 19.0. The Hall–Kier alpha value is -2.47. The average Bonchev–Trinajstić information content (AvgIpc) is 3.17. The summed E-state index contributed by atoms with van der Waals surface area (Å²) in [6.07, 6.45) is 8.73. The monoisotopic (exact) mass is 414 g/mol. The molecule has 0 saturated carbocycles. The summed E-state index contributed by atoms with van der Waals surface area (Å²) in [7, 11) is 3.75. The summed E-state index contributed by atoms with van der Waals surface area (Å²) in [6, 6.07) is 2.09. The summed E-state index contributed by atoms with van der Waals surface area (Å²) >= 11 is 0. The highest BCUT2D eigenvalue weighted by atomic mass is 16.7. The first kappa shape index (κ1) is 22.2. The van der Waals surface area contributed by atoms with Gasteiger partial charge in [-0.2, -0.15) is 0 Å². The van der Waals surface area contributed by atoms with E-state index in [9.17, 15) is 5.21 Å². The van der Waals surface area contributed by atoms with E-state index in [1.54, 1.807) is 7.11 Å². The predicted molar refractivity (Wildman–Crippen MR) is 119 cm³/mol. The molecular formula is C24H34N2O4. The molecule has 6 nitrogen and oxygen atoms in total. The number of methoxy groups -OCH3 is 1. The molecule has 0 bridgehead atoms. The highest BCUT2D eigenvalue weighted by molar-refractivity contribution is 5.95. The molecule has 1 aromatic carbocycles. The van der Waals surface area contributed by atoms with Crippen molar-refractivity contribution < 1.29 is 19.4 Å². The van der Waals surface area contributed by atoms with Crippen LogP contribution in [0.25, 0.3) is 0 Å². The van der Waals surface area contributed by atoms with E-state index in [-0.39, 0.29) is 18.2 Å². The van der Waals surface area contributed by atoms with Gasteiger partial charge in [0.2, 0.25) is 12.5 Å². The van der Waals surface area contributed by atoms with E-state index in [2.05, 4.69) is 63.0 Å². The van der Waals surface area contributed by atoms with E-state index in [1.807, 2.05) is 6.08 Å². The van der Waals surface area contributed by atoms with Gasteiger partial charge in [0, 0.05) is 24.6 Å². The van der Waals surface area contributed by atoms with Crippen LogP contribution < -0.4 is 14.2 Å². The second-order valence-corrected chi connectivity index (χ2v) is 9.07. The molecule has 3 rings (SSSR count). The van der Waals surface area contributed by atoms with Crippen molar-refractivity contribution in [3.8, 4) is 17.2 Å². The topological polar surface area (TPSA) is 63.5 Å². The Morgan fingerprint density at radius 1 is 1.37 bits per heavy atom. The van der Waals surface area contributed by atoms with Crippen LogP contribution in [0, 0.1) is 5.41 Å². The number of hydrogen-bond donors (Lipinski definition) is 1. The number of nitrogens with zero attached hydrogens (tertiary/aromatic N) is 2. The maximum atomic E-state index is 9.72. The van der Waals surface area contributed by atoms with Crippen molar-refractivity contribution in [2.45, 2.75) is 53.0 Å². The van der Waals surface area contributed by atoms with Crippen LogP contribution in [0.1, 0.15) is 57.7 Å². The zero-order valence-corrected chi connectivity index (χ0v) is 19.0. The third-order valence-corrected chi connectivity index (χ3v) is 5.84. The maximum absolute atomic E-state index is 9.72. The second kappa shape index (κ2) is 9.13. The highest BCUT2D eigenvalue weighted by Crippen LogP contribution is 2.50. The molecule has 0 aliphatic carbocycles. The standard InChI is InChI=1S/C24H34N2O4/c1-16(2)7-10-24(3,4)11-8-18(25-27)14-19-21-17(9-12-26(19)5)13-20-22(23(21)28-6)30-15-29-20/h7-8,11,13,19,27H,9-10,12,14-15H2,1-6H3/t19-/m1/s1. The van der Waals surface area contributed by atoms with Crippen molar-refractivity contribution in [3.63, 3.8) is 0 Å². The Balaban J connectivity index is 1.88. The molecule has 1 aromatic rings. The maximum Gasteiger partial charge on any atom is 0.231 e. The van der Waals surface area contributed by atoms with Gasteiger partial charge in [-0.25, -0.2) is 0 Å². The summed E-state index contributed by atoms with van der Waals surface area (Å²) in [5.74, 6) is 2.13. The van der Waals surface area contributed by atoms with E-state index in [1.165, 1.54) is 11.1 Å². The minimum Gasteiger partial charge on any atom is -0.492 e. The van der Waals surface area contributed by atoms with Crippen molar-refractivity contribution >= 4 is 5.71 Å². The Labute approximate surface area is 179 Å². The van der Waals surface area contributed by atoms with E-state index in [0.717, 1.165) is 36.4 Å². The minimum absolute atomic E-state index is 0.0206. The summed E-state index contributed by atoms with van der Waals surface area (Å²) < 4.78 is 17.0. The Morgan fingerprint density at radius 3 is 2.80 bits per heavy atom. The van der Waals surface area contributed by atoms with E-state index >= 15 is 0 Å². The summed E-state index contributed by atoms with van der Waals surface area (Å²) in [4.78, 5) is 2.28. The lowest BCUT2D eigenvalue weighted by molar-refractivity contribution is 0.170. The number of benzene rings is 1. The smallest absolute Gasteiger partial charge is 0.231 e. The predicted octanol–water partition coefficient (Wildman–Crippen LogP) is 5.11. The van der Waals surface area contributed by atoms with Crippen molar-refractivity contribution in [2.75, 3.05) is 27.5 Å². The highest BCUT2D eigenvalue weighted by Gasteiger charge is 2.34. The molecule has 2 heterocycles. The van der Waals surface area contributed by atoms with Crippen LogP contribution in [0.5, 0.6) is 17.2 Å². The van der Waals surface area contributed by atoms with Crippen LogP contribution in [0.15, 0.2) is 35.0 Å². The molecule has 0 fully saturated rings. The summed E-state index contributed by atoms with van der Waals surface area (Å²) in [5.41, 5.74) is 4.22. The number of allylic oxidation sites excluding steroid dienone is 4. The molecule has 0 unspecified atom stereocenters. The van der Waals surface area contributed by atoms with Gasteiger partial charge in [-0.15, -0.1) is 0 Å². The Kier molecular flexibility index (Phi) is 6.76. The second-order valence-electron chi connectivity index (χ2n) is 9.07. The fourth-order valence-corrected chi connectivity index (χ4v) is 3.98. The number of fused-ring (bicyclic) bond motifs is 2. The first-order chi connectivity index (χ1) is 14.3. The van der Waals surface area contributed by atoms with Crippen molar-refractivity contribution in [3.05, 3.63) is 41.0 Å². The molecule has 30 heavy (non-hydrogen) atoms. The molecule has 0 saturated heterocycles. The van der Waals surface area contributed by atoms with Crippen molar-refractivity contribution in [1.29, 1.82) is 0 Å². The Bertz CT molecular complexity index is 866. The molecule has 2 aliphatic rings. The molecule has 0 aromatic heterocycles. The van der Waals surface area contributed by atoms with Gasteiger partial charge in [-0.1, -0.05) is 36.7 Å². The van der Waals surface area contributed by atoms with Crippen LogP contribution in [-0.4, -0.2) is 43.3 Å². The lowest BCUT2D eigenvalue weighted by Gasteiger charge is -2.35. The lowest BCUT2D eigenvalue weighted by atomic mass is 9.86. The number of rotatable bonds is 7. The fraction of sp³-hybridized carbons (Fsp3) is 0.542. The minimum atomic E-state index is -0.0206. The van der Waals surface area contributed by atoms with Gasteiger partial charge in [0.1, 0.15) is 0 Å². The number of hydrogen-bond acceptors (Lipinski definition) is 6. The van der Waals surface area contributed by atoms with Crippen LogP contribution >= 0.6 is 0 Å². The van der Waals surface area contributed by atoms with Crippen LogP contribution in [0.2, 0.25) is 0 Å². The van der Waals surface area contributed by atoms with Crippen molar-refractivity contribution in [1.82, 2.24) is 4.90 Å². The van der Waals surface area contributed by atoms with E-state index in [0.29, 0.717) is 17.9 Å². The fourth-order valence-electron chi connectivity index (χ4n) is 3.98. The van der Waals surface area contributed by atoms with Gasteiger partial charge in [0.15, 0.2) is 11.5 Å². The molecule has 164 valence electrons. The van der Waals surface area contributed by atoms with Crippen LogP contribution in [-0.2, 0) is 6.42 Å². The molecule has 6 heteroatoms. The van der Waals surface area contributed by atoms with Gasteiger partial charge in [-0.05, 0) is 56.9 Å². The van der Waals surface area contributed by atoms with Gasteiger partial charge in [-0.3, -0.25) is 4.90 Å². The van der Waals surface area contributed by atoms with Gasteiger partial charge in [0.25, 0.3) is 0 Å². The molecule has 0 amide bonds. The first-order valence-corrected chi connectivity index (χ1v) is 10.5. The van der Waals surface area contributed by atoms with Crippen LogP contribution in [0.3, 0.4) is 0 Å². The third-order valence-electron chi connectivity index (χ3n) is 5.84. The van der Waals surface area contributed by atoms with Gasteiger partial charge >= 0.3 is 0 Å². The third kappa shape index (κ3) is 4.81. The average molecular weight is 415 g/mol. The van der Waals surface area contributed by atoms with Gasteiger partial charge in [0.05, 0.1) is 12.8 Å². The molecule has 0 spiro atoms. The lowest BCUT2D eigenvalue weighted by Crippen LogP contribution is -2.33. The Morgan fingerprint density at radius 2 is 2.13 bits per heavy atom. The van der Waals surface area contributed by atoms with E-state index in [4.69, 9.17) is 14.2 Å². The molecule has 1 atom stereocenters. The van der Waals surface area contributed by atoms with Crippen LogP contribution in [0.4, 0.5) is 0 Å². The summed E-state index contributed by atoms with van der Waals surface area (Å²) in [6.45, 7) is 9.70. The molecule has 1 N–H and O–H groups in total. The molecule has 2 aliphatic heterocycles. The normalized spacial score (nSPS) is 19.1. The van der Waals surface area contributed by atoms with Crippen molar-refractivity contribution in [2.24, 2.45) is 10.6 Å². The first-order valence-electron chi connectivity index (χ1n) is 10.5. The van der Waals surface area contributed by atoms with Gasteiger partial charge < -0.3 is 19.4 Å².